The summed E-state index contributed by atoms with van der Waals surface area (Å²) in [6, 6.07) is 1.28. The SMILES string of the molecule is CC(CCO)CNc1cc(NN)nc(C(F)(F)F)n1. The molecule has 9 heteroatoms. The van der Waals surface area contributed by atoms with Crippen LogP contribution in [0, 0.1) is 5.92 Å². The highest BCUT2D eigenvalue weighted by Crippen LogP contribution is 2.28. The van der Waals surface area contributed by atoms with Crippen molar-refractivity contribution < 1.29 is 18.3 Å². The van der Waals surface area contributed by atoms with Gasteiger partial charge in [0.2, 0.25) is 5.82 Å². The van der Waals surface area contributed by atoms with Crippen LogP contribution in [0.25, 0.3) is 0 Å². The van der Waals surface area contributed by atoms with Crippen LogP contribution < -0.4 is 16.6 Å². The smallest absolute Gasteiger partial charge is 0.396 e. The minimum atomic E-state index is -4.64. The van der Waals surface area contributed by atoms with E-state index in [0.717, 1.165) is 0 Å². The van der Waals surface area contributed by atoms with E-state index in [2.05, 4.69) is 20.7 Å². The van der Waals surface area contributed by atoms with Crippen LogP contribution in [-0.2, 0) is 6.18 Å². The Morgan fingerprint density at radius 2 is 2.00 bits per heavy atom. The fraction of sp³-hybridized carbons (Fsp3) is 0.600. The van der Waals surface area contributed by atoms with E-state index in [9.17, 15) is 13.2 Å². The topological polar surface area (TPSA) is 96.1 Å². The second kappa shape index (κ2) is 6.53. The van der Waals surface area contributed by atoms with Gasteiger partial charge in [-0.1, -0.05) is 6.92 Å². The van der Waals surface area contributed by atoms with Crippen LogP contribution >= 0.6 is 0 Å². The van der Waals surface area contributed by atoms with Gasteiger partial charge < -0.3 is 15.8 Å². The van der Waals surface area contributed by atoms with Crippen LogP contribution in [0.15, 0.2) is 6.07 Å². The molecular weight excluding hydrogens is 263 g/mol. The molecule has 5 N–H and O–H groups in total. The number of nitrogens with one attached hydrogen (secondary N) is 2. The summed E-state index contributed by atoms with van der Waals surface area (Å²) in [5.74, 6) is 3.81. The zero-order valence-corrected chi connectivity index (χ0v) is 10.3. The van der Waals surface area contributed by atoms with Gasteiger partial charge in [-0.15, -0.1) is 0 Å². The van der Waals surface area contributed by atoms with Gasteiger partial charge >= 0.3 is 6.18 Å². The molecule has 0 aliphatic heterocycles. The molecule has 0 radical (unpaired) electrons. The third-order valence-electron chi connectivity index (χ3n) is 2.38. The third kappa shape index (κ3) is 4.87. The molecule has 0 amide bonds. The van der Waals surface area contributed by atoms with Gasteiger partial charge in [-0.05, 0) is 12.3 Å². The van der Waals surface area contributed by atoms with Gasteiger partial charge in [0.05, 0.1) is 0 Å². The minimum absolute atomic E-state index is 0.0238. The van der Waals surface area contributed by atoms with Crippen LogP contribution in [0.2, 0.25) is 0 Å². The molecule has 1 aromatic rings. The molecule has 19 heavy (non-hydrogen) atoms. The number of alkyl halides is 3. The molecule has 6 nitrogen and oxygen atoms in total. The highest BCUT2D eigenvalue weighted by Gasteiger charge is 2.35. The zero-order chi connectivity index (χ0) is 14.5. The van der Waals surface area contributed by atoms with E-state index in [-0.39, 0.29) is 24.2 Å². The van der Waals surface area contributed by atoms with Crippen molar-refractivity contribution in [1.29, 1.82) is 0 Å². The molecule has 0 aliphatic rings. The zero-order valence-electron chi connectivity index (χ0n) is 10.3. The van der Waals surface area contributed by atoms with E-state index < -0.39 is 12.0 Å². The molecule has 1 atom stereocenters. The van der Waals surface area contributed by atoms with Crippen LogP contribution in [0.4, 0.5) is 24.8 Å². The first-order valence-electron chi connectivity index (χ1n) is 5.64. The predicted octanol–water partition coefficient (Wildman–Crippen LogP) is 1.21. The Hall–Kier alpha value is -1.61. The van der Waals surface area contributed by atoms with Crippen LogP contribution in [-0.4, -0.2) is 28.2 Å². The Morgan fingerprint density at radius 3 is 2.53 bits per heavy atom. The Morgan fingerprint density at radius 1 is 1.37 bits per heavy atom. The van der Waals surface area contributed by atoms with Crippen LogP contribution in [0.1, 0.15) is 19.2 Å². The molecule has 0 bridgehead atoms. The number of halogens is 3. The van der Waals surface area contributed by atoms with Gasteiger partial charge in [0.1, 0.15) is 11.6 Å². The summed E-state index contributed by atoms with van der Waals surface area (Å²) in [5, 5.41) is 11.5. The van der Waals surface area contributed by atoms with Crippen molar-refractivity contribution in [2.45, 2.75) is 19.5 Å². The average Bonchev–Trinajstić information content (AvgIpc) is 2.35. The lowest BCUT2D eigenvalue weighted by Crippen LogP contribution is -2.19. The van der Waals surface area contributed by atoms with Gasteiger partial charge in [-0.25, -0.2) is 15.8 Å². The molecule has 1 rings (SSSR count). The molecule has 0 saturated heterocycles. The number of aromatic nitrogens is 2. The standard InChI is InChI=1S/C10H16F3N5O/c1-6(2-3-19)5-15-7-4-8(18-14)17-9(16-7)10(11,12)13/h4,6,19H,2-3,5,14H2,1H3,(H2,15,16,17,18). The summed E-state index contributed by atoms with van der Waals surface area (Å²) in [5.41, 5.74) is 2.06. The van der Waals surface area contributed by atoms with Crippen molar-refractivity contribution in [2.24, 2.45) is 11.8 Å². The second-order valence-electron chi connectivity index (χ2n) is 4.10. The van der Waals surface area contributed by atoms with Gasteiger partial charge in [-0.3, -0.25) is 0 Å². The van der Waals surface area contributed by atoms with E-state index in [1.165, 1.54) is 6.07 Å². The van der Waals surface area contributed by atoms with Crippen molar-refractivity contribution in [2.75, 3.05) is 23.9 Å². The number of hydrogen-bond donors (Lipinski definition) is 4. The summed E-state index contributed by atoms with van der Waals surface area (Å²) in [6.07, 6.45) is -4.09. The quantitative estimate of drug-likeness (QED) is 0.462. The first-order chi connectivity index (χ1) is 8.86. The fourth-order valence-corrected chi connectivity index (χ4v) is 1.34. The van der Waals surface area contributed by atoms with E-state index in [1.54, 1.807) is 0 Å². The Balaban J connectivity index is 2.83. The minimum Gasteiger partial charge on any atom is -0.396 e. The van der Waals surface area contributed by atoms with E-state index in [0.29, 0.717) is 13.0 Å². The first kappa shape index (κ1) is 15.4. The van der Waals surface area contributed by atoms with E-state index in [4.69, 9.17) is 10.9 Å². The van der Waals surface area contributed by atoms with Crippen molar-refractivity contribution in [3.05, 3.63) is 11.9 Å². The maximum Gasteiger partial charge on any atom is 0.451 e. The molecule has 108 valence electrons. The molecular formula is C10H16F3N5O. The second-order valence-corrected chi connectivity index (χ2v) is 4.10. The number of rotatable bonds is 6. The molecule has 1 heterocycles. The number of anilines is 2. The molecule has 0 saturated carbocycles. The van der Waals surface area contributed by atoms with Crippen molar-refractivity contribution >= 4 is 11.6 Å². The summed E-state index contributed by atoms with van der Waals surface area (Å²) < 4.78 is 37.6. The number of nitrogen functional groups attached to an aromatic ring is 1. The van der Waals surface area contributed by atoms with Crippen molar-refractivity contribution in [3.63, 3.8) is 0 Å². The first-order valence-corrected chi connectivity index (χ1v) is 5.64. The largest absolute Gasteiger partial charge is 0.451 e. The highest BCUT2D eigenvalue weighted by molar-refractivity contribution is 5.47. The highest BCUT2D eigenvalue weighted by atomic mass is 19.4. The Kier molecular flexibility index (Phi) is 5.31. The number of aliphatic hydroxyl groups is 1. The summed E-state index contributed by atoms with van der Waals surface area (Å²) in [7, 11) is 0. The monoisotopic (exact) mass is 279 g/mol. The maximum atomic E-state index is 12.5. The van der Waals surface area contributed by atoms with E-state index in [1.807, 2.05) is 6.92 Å². The van der Waals surface area contributed by atoms with E-state index >= 15 is 0 Å². The lowest BCUT2D eigenvalue weighted by atomic mass is 10.1. The number of hydrazine groups is 1. The summed E-state index contributed by atoms with van der Waals surface area (Å²) >= 11 is 0. The number of nitrogens with zero attached hydrogens (tertiary/aromatic N) is 2. The average molecular weight is 279 g/mol. The maximum absolute atomic E-state index is 12.5. The molecule has 0 aromatic carbocycles. The lowest BCUT2D eigenvalue weighted by Gasteiger charge is -2.14. The molecule has 0 fully saturated rings. The molecule has 1 unspecified atom stereocenters. The predicted molar refractivity (Wildman–Crippen MR) is 64.2 cm³/mol. The van der Waals surface area contributed by atoms with Gasteiger partial charge in [0.15, 0.2) is 0 Å². The number of aliphatic hydroxyl groups excluding tert-OH is 1. The number of hydrogen-bond acceptors (Lipinski definition) is 6. The number of nitrogens with two attached hydrogens (primary N) is 1. The molecule has 1 aromatic heterocycles. The van der Waals surface area contributed by atoms with Crippen molar-refractivity contribution in [3.8, 4) is 0 Å². The fourth-order valence-electron chi connectivity index (χ4n) is 1.34. The molecule has 0 spiro atoms. The summed E-state index contributed by atoms with van der Waals surface area (Å²) in [6.45, 7) is 2.27. The van der Waals surface area contributed by atoms with Crippen LogP contribution in [0.5, 0.6) is 0 Å². The van der Waals surface area contributed by atoms with Crippen molar-refractivity contribution in [1.82, 2.24) is 9.97 Å². The Labute approximate surface area is 108 Å². The van der Waals surface area contributed by atoms with Gasteiger partial charge in [0, 0.05) is 19.2 Å². The lowest BCUT2D eigenvalue weighted by molar-refractivity contribution is -0.144. The Bertz CT molecular complexity index is 413. The van der Waals surface area contributed by atoms with Gasteiger partial charge in [0.25, 0.3) is 0 Å². The normalized spacial score (nSPS) is 13.2. The third-order valence-corrected chi connectivity index (χ3v) is 2.38. The van der Waals surface area contributed by atoms with Gasteiger partial charge in [-0.2, -0.15) is 13.2 Å². The van der Waals surface area contributed by atoms with Crippen LogP contribution in [0.3, 0.4) is 0 Å². The molecule has 0 aliphatic carbocycles. The summed E-state index contributed by atoms with van der Waals surface area (Å²) in [4.78, 5) is 6.61.